The third-order valence-electron chi connectivity index (χ3n) is 3.69. The third kappa shape index (κ3) is 2.99. The lowest BCUT2D eigenvalue weighted by Crippen LogP contribution is -2.19. The molecular formula is C16H17BrN4. The highest BCUT2D eigenvalue weighted by molar-refractivity contribution is 9.10. The molecule has 0 unspecified atom stereocenters. The summed E-state index contributed by atoms with van der Waals surface area (Å²) in [5.41, 5.74) is 4.61. The van der Waals surface area contributed by atoms with Crippen molar-refractivity contribution in [2.75, 3.05) is 0 Å². The van der Waals surface area contributed by atoms with Crippen molar-refractivity contribution >= 4 is 21.6 Å². The predicted octanol–water partition coefficient (Wildman–Crippen LogP) is 3.65. The van der Waals surface area contributed by atoms with E-state index in [-0.39, 0.29) is 0 Å². The van der Waals surface area contributed by atoms with E-state index in [0.29, 0.717) is 6.04 Å². The minimum absolute atomic E-state index is 0.294. The summed E-state index contributed by atoms with van der Waals surface area (Å²) in [4.78, 5) is 8.56. The minimum Gasteiger partial charge on any atom is -0.305 e. The first-order valence-corrected chi connectivity index (χ1v) is 7.71. The number of hydrogen-bond donors (Lipinski definition) is 1. The number of fused-ring (bicyclic) bond motifs is 1. The standard InChI is InChI=1S/C16H17BrN4/c1-11-5-3-4-6-14(11)12(2)18-7-13-8-20-16-9-19-15(17)10-21(13)16/h3-6,8-10,12,18H,7H2,1-2H3/t12-/m0/s1. The van der Waals surface area contributed by atoms with Gasteiger partial charge in [-0.05, 0) is 40.9 Å². The lowest BCUT2D eigenvalue weighted by atomic mass is 10.0. The highest BCUT2D eigenvalue weighted by Gasteiger charge is 2.09. The van der Waals surface area contributed by atoms with Crippen LogP contribution in [-0.4, -0.2) is 14.4 Å². The number of hydrogen-bond acceptors (Lipinski definition) is 3. The second-order valence-electron chi connectivity index (χ2n) is 5.15. The van der Waals surface area contributed by atoms with Crippen molar-refractivity contribution < 1.29 is 0 Å². The molecular weight excluding hydrogens is 328 g/mol. The Kier molecular flexibility index (Phi) is 4.03. The molecule has 0 saturated heterocycles. The van der Waals surface area contributed by atoms with E-state index >= 15 is 0 Å². The van der Waals surface area contributed by atoms with Crippen LogP contribution in [0.25, 0.3) is 5.65 Å². The van der Waals surface area contributed by atoms with Crippen LogP contribution in [0.5, 0.6) is 0 Å². The highest BCUT2D eigenvalue weighted by atomic mass is 79.9. The van der Waals surface area contributed by atoms with Gasteiger partial charge in [0.2, 0.25) is 0 Å². The summed E-state index contributed by atoms with van der Waals surface area (Å²) in [6, 6.07) is 8.76. The number of rotatable bonds is 4. The number of benzene rings is 1. The second-order valence-corrected chi connectivity index (χ2v) is 5.96. The molecule has 0 aliphatic carbocycles. The van der Waals surface area contributed by atoms with Gasteiger partial charge in [0, 0.05) is 18.8 Å². The number of aromatic nitrogens is 3. The van der Waals surface area contributed by atoms with Crippen molar-refractivity contribution in [2.45, 2.75) is 26.4 Å². The average Bonchev–Trinajstić information content (AvgIpc) is 2.87. The summed E-state index contributed by atoms with van der Waals surface area (Å²) < 4.78 is 2.86. The zero-order chi connectivity index (χ0) is 14.8. The summed E-state index contributed by atoms with van der Waals surface area (Å²) >= 11 is 3.40. The van der Waals surface area contributed by atoms with Gasteiger partial charge in [-0.15, -0.1) is 0 Å². The molecule has 3 aromatic rings. The van der Waals surface area contributed by atoms with Crippen LogP contribution in [-0.2, 0) is 6.54 Å². The Hall–Kier alpha value is -1.72. The first kappa shape index (κ1) is 14.2. The first-order chi connectivity index (χ1) is 10.1. The van der Waals surface area contributed by atoms with Crippen LogP contribution in [0.3, 0.4) is 0 Å². The molecule has 21 heavy (non-hydrogen) atoms. The van der Waals surface area contributed by atoms with Crippen molar-refractivity contribution in [2.24, 2.45) is 0 Å². The highest BCUT2D eigenvalue weighted by Crippen LogP contribution is 2.17. The smallest absolute Gasteiger partial charge is 0.155 e. The molecule has 0 bridgehead atoms. The molecule has 2 aromatic heterocycles. The van der Waals surface area contributed by atoms with Gasteiger partial charge in [0.15, 0.2) is 5.65 Å². The van der Waals surface area contributed by atoms with Gasteiger partial charge >= 0.3 is 0 Å². The summed E-state index contributed by atoms with van der Waals surface area (Å²) in [6.07, 6.45) is 5.59. The fraction of sp³-hybridized carbons (Fsp3) is 0.250. The van der Waals surface area contributed by atoms with E-state index in [1.54, 1.807) is 6.20 Å². The van der Waals surface area contributed by atoms with Crippen LogP contribution in [0.2, 0.25) is 0 Å². The van der Waals surface area contributed by atoms with Gasteiger partial charge in [0.1, 0.15) is 4.60 Å². The Bertz CT molecular complexity index is 766. The molecule has 0 aliphatic rings. The lowest BCUT2D eigenvalue weighted by Gasteiger charge is -2.16. The van der Waals surface area contributed by atoms with E-state index in [1.165, 1.54) is 11.1 Å². The van der Waals surface area contributed by atoms with Gasteiger partial charge in [-0.25, -0.2) is 9.97 Å². The van der Waals surface area contributed by atoms with E-state index < -0.39 is 0 Å². The van der Waals surface area contributed by atoms with E-state index in [2.05, 4.69) is 73.7 Å². The normalized spacial score (nSPS) is 12.7. The molecule has 3 rings (SSSR count). The Morgan fingerprint density at radius 1 is 1.24 bits per heavy atom. The van der Waals surface area contributed by atoms with E-state index in [9.17, 15) is 0 Å². The Morgan fingerprint density at radius 2 is 2.05 bits per heavy atom. The van der Waals surface area contributed by atoms with Gasteiger partial charge in [0.25, 0.3) is 0 Å². The third-order valence-corrected chi connectivity index (χ3v) is 4.09. The van der Waals surface area contributed by atoms with Crippen LogP contribution < -0.4 is 5.32 Å². The molecule has 2 heterocycles. The molecule has 0 spiro atoms. The monoisotopic (exact) mass is 344 g/mol. The molecule has 0 amide bonds. The van der Waals surface area contributed by atoms with Crippen LogP contribution in [0.15, 0.2) is 47.5 Å². The molecule has 1 atom stereocenters. The summed E-state index contributed by atoms with van der Waals surface area (Å²) in [7, 11) is 0. The van der Waals surface area contributed by atoms with Crippen molar-refractivity contribution in [3.8, 4) is 0 Å². The number of halogens is 1. The molecule has 4 nitrogen and oxygen atoms in total. The zero-order valence-corrected chi connectivity index (χ0v) is 13.6. The maximum atomic E-state index is 4.37. The summed E-state index contributed by atoms with van der Waals surface area (Å²) in [6.45, 7) is 5.08. The van der Waals surface area contributed by atoms with Gasteiger partial charge < -0.3 is 5.32 Å². The van der Waals surface area contributed by atoms with Crippen molar-refractivity contribution in [3.63, 3.8) is 0 Å². The quantitative estimate of drug-likeness (QED) is 0.785. The second kappa shape index (κ2) is 5.95. The van der Waals surface area contributed by atoms with Crippen LogP contribution in [0.4, 0.5) is 0 Å². The van der Waals surface area contributed by atoms with E-state index in [0.717, 1.165) is 22.5 Å². The van der Waals surface area contributed by atoms with Gasteiger partial charge in [-0.3, -0.25) is 4.40 Å². The molecule has 0 saturated carbocycles. The number of nitrogens with zero attached hydrogens (tertiary/aromatic N) is 3. The molecule has 1 N–H and O–H groups in total. The molecule has 1 aromatic carbocycles. The summed E-state index contributed by atoms with van der Waals surface area (Å²) in [5, 5.41) is 3.56. The number of aryl methyl sites for hydroxylation is 1. The fourth-order valence-corrected chi connectivity index (χ4v) is 2.79. The van der Waals surface area contributed by atoms with Gasteiger partial charge in [0.05, 0.1) is 18.1 Å². The molecule has 0 radical (unpaired) electrons. The largest absolute Gasteiger partial charge is 0.305 e. The van der Waals surface area contributed by atoms with E-state index in [4.69, 9.17) is 0 Å². The maximum absolute atomic E-state index is 4.37. The summed E-state index contributed by atoms with van der Waals surface area (Å²) in [5.74, 6) is 0. The SMILES string of the molecule is Cc1ccccc1[C@H](C)NCc1cnc2cnc(Br)cn12. The Balaban J connectivity index is 1.77. The van der Waals surface area contributed by atoms with Crippen molar-refractivity contribution in [1.29, 1.82) is 0 Å². The topological polar surface area (TPSA) is 42.2 Å². The van der Waals surface area contributed by atoms with Gasteiger partial charge in [-0.2, -0.15) is 0 Å². The lowest BCUT2D eigenvalue weighted by molar-refractivity contribution is 0.563. The van der Waals surface area contributed by atoms with Crippen molar-refractivity contribution in [1.82, 2.24) is 19.7 Å². The molecule has 5 heteroatoms. The maximum Gasteiger partial charge on any atom is 0.155 e. The van der Waals surface area contributed by atoms with Crippen molar-refractivity contribution in [3.05, 3.63) is 64.3 Å². The average molecular weight is 345 g/mol. The minimum atomic E-state index is 0.294. The zero-order valence-electron chi connectivity index (χ0n) is 12.0. The Labute approximate surface area is 132 Å². The van der Waals surface area contributed by atoms with E-state index in [1.807, 2.05) is 12.4 Å². The predicted molar refractivity (Wildman–Crippen MR) is 87.1 cm³/mol. The number of nitrogens with one attached hydrogen (secondary N) is 1. The first-order valence-electron chi connectivity index (χ1n) is 6.91. The molecule has 0 fully saturated rings. The molecule has 108 valence electrons. The fourth-order valence-electron chi connectivity index (χ4n) is 2.49. The van der Waals surface area contributed by atoms with Crippen LogP contribution >= 0.6 is 15.9 Å². The van der Waals surface area contributed by atoms with Crippen LogP contribution in [0, 0.1) is 6.92 Å². The number of imidazole rings is 1. The van der Waals surface area contributed by atoms with Crippen LogP contribution in [0.1, 0.15) is 29.8 Å². The van der Waals surface area contributed by atoms with Gasteiger partial charge in [-0.1, -0.05) is 24.3 Å². The Morgan fingerprint density at radius 3 is 2.86 bits per heavy atom. The molecule has 0 aliphatic heterocycles.